The first kappa shape index (κ1) is 9.64. The number of epoxide rings is 1. The van der Waals surface area contributed by atoms with Crippen molar-refractivity contribution in [2.75, 3.05) is 0 Å². The number of carbonyl (C=O) groups is 1. The molecule has 0 N–H and O–H groups in total. The van der Waals surface area contributed by atoms with Crippen LogP contribution in [0.2, 0.25) is 0 Å². The van der Waals surface area contributed by atoms with E-state index in [0.29, 0.717) is 30.2 Å². The van der Waals surface area contributed by atoms with Gasteiger partial charge in [0.15, 0.2) is 0 Å². The Morgan fingerprint density at radius 1 is 1.33 bits per heavy atom. The molecule has 0 radical (unpaired) electrons. The van der Waals surface area contributed by atoms with Crippen molar-refractivity contribution in [3.8, 4) is 0 Å². The average Bonchev–Trinajstić information content (AvgIpc) is 2.99. The van der Waals surface area contributed by atoms with E-state index >= 15 is 0 Å². The molecule has 15 heavy (non-hydrogen) atoms. The summed E-state index contributed by atoms with van der Waals surface area (Å²) in [6, 6.07) is 0.943. The number of carbonyl (C=O) groups excluding carboxylic acids is 1. The molecule has 0 aromatic carbocycles. The van der Waals surface area contributed by atoms with E-state index in [1.54, 1.807) is 6.92 Å². The van der Waals surface area contributed by atoms with Gasteiger partial charge in [-0.25, -0.2) is 0 Å². The van der Waals surface area contributed by atoms with Crippen LogP contribution in [-0.4, -0.2) is 35.1 Å². The average molecular weight is 209 g/mol. The maximum Gasteiger partial charge on any atom is 0.220 e. The van der Waals surface area contributed by atoms with E-state index in [1.165, 1.54) is 12.8 Å². The van der Waals surface area contributed by atoms with Crippen molar-refractivity contribution in [3.05, 3.63) is 0 Å². The number of hydrogen-bond donors (Lipinski definition) is 0. The topological polar surface area (TPSA) is 32.6 Å². The zero-order valence-corrected chi connectivity index (χ0v) is 9.64. The molecule has 1 aliphatic carbocycles. The van der Waals surface area contributed by atoms with Crippen molar-refractivity contribution in [2.45, 2.75) is 57.9 Å². The number of amides is 1. The highest BCUT2D eigenvalue weighted by Crippen LogP contribution is 2.52. The van der Waals surface area contributed by atoms with Gasteiger partial charge >= 0.3 is 0 Å². The minimum Gasteiger partial charge on any atom is -0.367 e. The van der Waals surface area contributed by atoms with E-state index in [-0.39, 0.29) is 5.91 Å². The Balaban J connectivity index is 1.65. The second kappa shape index (κ2) is 2.97. The Morgan fingerprint density at radius 2 is 2.00 bits per heavy atom. The molecule has 4 atom stereocenters. The molecule has 3 nitrogen and oxygen atoms in total. The summed E-state index contributed by atoms with van der Waals surface area (Å²) in [5, 5.41) is 0. The van der Waals surface area contributed by atoms with Gasteiger partial charge in [-0.2, -0.15) is 0 Å². The van der Waals surface area contributed by atoms with Gasteiger partial charge in [-0.15, -0.1) is 0 Å². The lowest BCUT2D eigenvalue weighted by Gasteiger charge is -1.97. The van der Waals surface area contributed by atoms with Crippen LogP contribution in [0.5, 0.6) is 0 Å². The summed E-state index contributed by atoms with van der Waals surface area (Å²) in [5.74, 6) is 1.61. The van der Waals surface area contributed by atoms with Gasteiger partial charge in [-0.1, -0.05) is 13.8 Å². The molecule has 3 aliphatic rings. The highest BCUT2D eigenvalue weighted by molar-refractivity contribution is 5.77. The molecule has 0 spiro atoms. The fourth-order valence-corrected chi connectivity index (χ4v) is 2.93. The first-order valence-corrected chi connectivity index (χ1v) is 6.05. The molecule has 1 amide bonds. The van der Waals surface area contributed by atoms with Gasteiger partial charge in [-0.05, 0) is 24.7 Å². The summed E-state index contributed by atoms with van der Waals surface area (Å²) in [4.78, 5) is 13.5. The van der Waals surface area contributed by atoms with Gasteiger partial charge in [-0.3, -0.25) is 4.79 Å². The molecule has 0 bridgehead atoms. The van der Waals surface area contributed by atoms with Crippen LogP contribution in [-0.2, 0) is 9.53 Å². The van der Waals surface area contributed by atoms with Gasteiger partial charge in [0.1, 0.15) is 6.10 Å². The van der Waals surface area contributed by atoms with E-state index < -0.39 is 0 Å². The smallest absolute Gasteiger partial charge is 0.220 e. The Labute approximate surface area is 90.8 Å². The minimum atomic E-state index is 0.231. The van der Waals surface area contributed by atoms with Gasteiger partial charge in [0.25, 0.3) is 0 Å². The standard InChI is InChI=1S/C12H19NO2/c1-6(2)11-12(15-11)10-9(8-4-5-8)13(10)7(3)14/h6,8-12H,4-5H2,1-3H3/t9-,10-,11+,12?,13?/m1/s1. The molecule has 2 heterocycles. The first-order chi connectivity index (χ1) is 7.11. The van der Waals surface area contributed by atoms with Gasteiger partial charge in [0.05, 0.1) is 18.2 Å². The predicted molar refractivity (Wildman–Crippen MR) is 56.3 cm³/mol. The first-order valence-electron chi connectivity index (χ1n) is 6.05. The van der Waals surface area contributed by atoms with Crippen LogP contribution >= 0.6 is 0 Å². The Bertz CT molecular complexity index is 298. The van der Waals surface area contributed by atoms with Crippen molar-refractivity contribution < 1.29 is 9.53 Å². The molecule has 3 rings (SSSR count). The van der Waals surface area contributed by atoms with Crippen LogP contribution in [0.25, 0.3) is 0 Å². The largest absolute Gasteiger partial charge is 0.367 e. The highest BCUT2D eigenvalue weighted by atomic mass is 16.6. The molecule has 2 saturated heterocycles. The fraction of sp³-hybridized carbons (Fsp3) is 0.917. The monoisotopic (exact) mass is 209 g/mol. The second-order valence-corrected chi connectivity index (χ2v) is 5.55. The van der Waals surface area contributed by atoms with Gasteiger partial charge < -0.3 is 9.64 Å². The molecule has 84 valence electrons. The normalized spacial score (nSPS) is 43.3. The summed E-state index contributed by atoms with van der Waals surface area (Å²) >= 11 is 0. The van der Waals surface area contributed by atoms with E-state index in [0.717, 1.165) is 5.92 Å². The third-order valence-corrected chi connectivity index (χ3v) is 3.93. The SMILES string of the molecule is CC(=O)N1[C@H](C2CC2)[C@@H]1C1O[C@H]1C(C)C. The Morgan fingerprint density at radius 3 is 2.40 bits per heavy atom. The molecule has 3 heteroatoms. The molecule has 1 saturated carbocycles. The lowest BCUT2D eigenvalue weighted by Crippen LogP contribution is -2.15. The van der Waals surface area contributed by atoms with E-state index in [2.05, 4.69) is 13.8 Å². The van der Waals surface area contributed by atoms with Crippen LogP contribution < -0.4 is 0 Å². The molecule has 0 aromatic heterocycles. The zero-order chi connectivity index (χ0) is 10.7. The number of hydrogen-bond acceptors (Lipinski definition) is 2. The van der Waals surface area contributed by atoms with Crippen LogP contribution in [0.3, 0.4) is 0 Å². The lowest BCUT2D eigenvalue weighted by atomic mass is 10.0. The molecule has 0 aromatic rings. The molecular formula is C12H19NO2. The Hall–Kier alpha value is -0.570. The van der Waals surface area contributed by atoms with E-state index in [9.17, 15) is 4.79 Å². The molecule has 2 aliphatic heterocycles. The van der Waals surface area contributed by atoms with Crippen molar-refractivity contribution in [3.63, 3.8) is 0 Å². The third-order valence-electron chi connectivity index (χ3n) is 3.93. The molecule has 3 fully saturated rings. The van der Waals surface area contributed by atoms with Crippen molar-refractivity contribution in [2.24, 2.45) is 11.8 Å². The third kappa shape index (κ3) is 1.48. The quantitative estimate of drug-likeness (QED) is 0.658. The summed E-state index contributed by atoms with van der Waals surface area (Å²) in [5.41, 5.74) is 0. The van der Waals surface area contributed by atoms with Crippen LogP contribution in [0.4, 0.5) is 0 Å². The Kier molecular flexibility index (Phi) is 1.91. The zero-order valence-electron chi connectivity index (χ0n) is 9.64. The number of ether oxygens (including phenoxy) is 1. The van der Waals surface area contributed by atoms with E-state index in [1.807, 2.05) is 4.90 Å². The van der Waals surface area contributed by atoms with Crippen LogP contribution in [0.15, 0.2) is 0 Å². The number of rotatable bonds is 3. The van der Waals surface area contributed by atoms with Crippen LogP contribution in [0, 0.1) is 11.8 Å². The molecule has 1 unspecified atom stereocenters. The van der Waals surface area contributed by atoms with Crippen molar-refractivity contribution >= 4 is 5.91 Å². The highest BCUT2D eigenvalue weighted by Gasteiger charge is 2.66. The van der Waals surface area contributed by atoms with Gasteiger partial charge in [0.2, 0.25) is 5.91 Å². The summed E-state index contributed by atoms with van der Waals surface area (Å²) in [7, 11) is 0. The van der Waals surface area contributed by atoms with Crippen molar-refractivity contribution in [1.29, 1.82) is 0 Å². The number of nitrogens with zero attached hydrogens (tertiary/aromatic N) is 1. The maximum atomic E-state index is 11.4. The lowest BCUT2D eigenvalue weighted by molar-refractivity contribution is -0.124. The molecular weight excluding hydrogens is 190 g/mol. The van der Waals surface area contributed by atoms with Gasteiger partial charge in [0, 0.05) is 6.92 Å². The minimum absolute atomic E-state index is 0.231. The van der Waals surface area contributed by atoms with E-state index in [4.69, 9.17) is 4.74 Å². The van der Waals surface area contributed by atoms with Crippen molar-refractivity contribution in [1.82, 2.24) is 4.90 Å². The van der Waals surface area contributed by atoms with Crippen LogP contribution in [0.1, 0.15) is 33.6 Å². The summed E-state index contributed by atoms with van der Waals surface area (Å²) < 4.78 is 5.70. The maximum absolute atomic E-state index is 11.4. The summed E-state index contributed by atoms with van der Waals surface area (Å²) in [6.45, 7) is 6.07. The second-order valence-electron chi connectivity index (χ2n) is 5.55. The summed E-state index contributed by atoms with van der Waals surface area (Å²) in [6.07, 6.45) is 3.37. The fourth-order valence-electron chi connectivity index (χ4n) is 2.93. The predicted octanol–water partition coefficient (Wildman–Crippen LogP) is 1.42.